The molecule has 1 saturated heterocycles. The predicted octanol–water partition coefficient (Wildman–Crippen LogP) is 2.32. The van der Waals surface area contributed by atoms with Gasteiger partial charge in [-0.15, -0.1) is 0 Å². The van der Waals surface area contributed by atoms with Crippen LogP contribution in [-0.4, -0.2) is 79.0 Å². The first-order valence-corrected chi connectivity index (χ1v) is 10.1. The van der Waals surface area contributed by atoms with Gasteiger partial charge in [0.25, 0.3) is 0 Å². The van der Waals surface area contributed by atoms with E-state index in [1.165, 1.54) is 5.56 Å². The van der Waals surface area contributed by atoms with Gasteiger partial charge in [-0.05, 0) is 38.6 Å². The van der Waals surface area contributed by atoms with E-state index in [1.54, 1.807) is 7.11 Å². The van der Waals surface area contributed by atoms with E-state index in [9.17, 15) is 5.11 Å². The van der Waals surface area contributed by atoms with Crippen LogP contribution in [0.4, 0.5) is 0 Å². The molecule has 25 heavy (non-hydrogen) atoms. The van der Waals surface area contributed by atoms with Gasteiger partial charge in [0.15, 0.2) is 11.5 Å². The largest absolute Gasteiger partial charge is 0.493 e. The molecule has 0 bridgehead atoms. The molecule has 1 fully saturated rings. The van der Waals surface area contributed by atoms with Crippen molar-refractivity contribution in [3.05, 3.63) is 23.8 Å². The van der Waals surface area contributed by atoms with Crippen molar-refractivity contribution in [2.75, 3.05) is 51.9 Å². The normalized spacial score (nSPS) is 17.1. The van der Waals surface area contributed by atoms with Crippen molar-refractivity contribution in [3.8, 4) is 11.5 Å². The Morgan fingerprint density at radius 1 is 1.24 bits per heavy atom. The predicted molar refractivity (Wildman–Crippen MR) is 105 cm³/mol. The summed E-state index contributed by atoms with van der Waals surface area (Å²) < 4.78 is 11.3. The minimum absolute atomic E-state index is 0.283. The highest BCUT2D eigenvalue weighted by Crippen LogP contribution is 2.29. The van der Waals surface area contributed by atoms with E-state index in [2.05, 4.69) is 36.8 Å². The number of hydrogen-bond acceptors (Lipinski definition) is 6. The lowest BCUT2D eigenvalue weighted by molar-refractivity contribution is 0.0704. The molecule has 0 aromatic heterocycles. The molecule has 0 radical (unpaired) electrons. The Morgan fingerprint density at radius 3 is 2.60 bits per heavy atom. The average Bonchev–Trinajstić information content (AvgIpc) is 2.61. The summed E-state index contributed by atoms with van der Waals surface area (Å²) in [6, 6.07) is 6.50. The maximum absolute atomic E-state index is 10.2. The highest BCUT2D eigenvalue weighted by molar-refractivity contribution is 7.99. The summed E-state index contributed by atoms with van der Waals surface area (Å²) in [7, 11) is 3.76. The summed E-state index contributed by atoms with van der Waals surface area (Å²) >= 11 is 1.97. The summed E-state index contributed by atoms with van der Waals surface area (Å²) in [5.74, 6) is 3.70. The summed E-state index contributed by atoms with van der Waals surface area (Å²) in [4.78, 5) is 4.57. The van der Waals surface area contributed by atoms with E-state index in [1.807, 2.05) is 23.9 Å². The number of aliphatic hydroxyl groups excluding tert-OH is 1. The number of benzene rings is 1. The Labute approximate surface area is 156 Å². The van der Waals surface area contributed by atoms with Crippen molar-refractivity contribution in [1.82, 2.24) is 9.80 Å². The van der Waals surface area contributed by atoms with Crippen LogP contribution in [0.15, 0.2) is 18.2 Å². The van der Waals surface area contributed by atoms with Crippen molar-refractivity contribution in [2.24, 2.45) is 0 Å². The molecular weight excluding hydrogens is 336 g/mol. The minimum Gasteiger partial charge on any atom is -0.493 e. The first-order chi connectivity index (χ1) is 12.0. The molecule has 142 valence electrons. The molecule has 0 aliphatic carbocycles. The molecule has 1 N–H and O–H groups in total. The van der Waals surface area contributed by atoms with Crippen LogP contribution in [0, 0.1) is 0 Å². The Bertz CT molecular complexity index is 521. The number of nitrogens with zero attached hydrogens (tertiary/aromatic N) is 2. The highest BCUT2D eigenvalue weighted by atomic mass is 32.2. The first kappa shape index (κ1) is 20.4. The Hall–Kier alpha value is -0.950. The average molecular weight is 369 g/mol. The maximum atomic E-state index is 10.2. The number of thioether (sulfide) groups is 1. The smallest absolute Gasteiger partial charge is 0.161 e. The summed E-state index contributed by atoms with van der Waals surface area (Å²) in [6.45, 7) is 8.26. The van der Waals surface area contributed by atoms with E-state index < -0.39 is 6.10 Å². The van der Waals surface area contributed by atoms with Gasteiger partial charge in [-0.3, -0.25) is 9.80 Å². The molecule has 1 aromatic carbocycles. The van der Waals surface area contributed by atoms with Gasteiger partial charge in [0.1, 0.15) is 12.7 Å². The molecule has 1 heterocycles. The molecule has 1 aliphatic rings. The van der Waals surface area contributed by atoms with Crippen LogP contribution in [0.2, 0.25) is 0 Å². The second-order valence-corrected chi connectivity index (χ2v) is 8.10. The molecule has 0 saturated carbocycles. The zero-order valence-electron chi connectivity index (χ0n) is 15.9. The van der Waals surface area contributed by atoms with E-state index in [-0.39, 0.29) is 6.61 Å². The van der Waals surface area contributed by atoms with Gasteiger partial charge in [0, 0.05) is 43.7 Å². The molecule has 0 amide bonds. The summed E-state index contributed by atoms with van der Waals surface area (Å²) in [6.07, 6.45) is -0.487. The summed E-state index contributed by atoms with van der Waals surface area (Å²) in [5, 5.41) is 10.2. The third-order valence-corrected chi connectivity index (χ3v) is 5.49. The molecule has 1 unspecified atom stereocenters. The van der Waals surface area contributed by atoms with E-state index >= 15 is 0 Å². The zero-order chi connectivity index (χ0) is 18.2. The maximum Gasteiger partial charge on any atom is 0.161 e. The Kier molecular flexibility index (Phi) is 8.36. The number of methoxy groups -OCH3 is 1. The van der Waals surface area contributed by atoms with Crippen molar-refractivity contribution in [3.63, 3.8) is 0 Å². The van der Waals surface area contributed by atoms with Gasteiger partial charge < -0.3 is 14.6 Å². The molecule has 6 heteroatoms. The molecular formula is C19H32N2O3S. The first-order valence-electron chi connectivity index (χ1n) is 8.97. The SMILES string of the molecule is COc1cc(CN(C)C(C)C)ccc1OCC(O)CN1CCSCC1. The van der Waals surface area contributed by atoms with E-state index in [0.717, 1.165) is 36.9 Å². The fraction of sp³-hybridized carbons (Fsp3) is 0.684. The van der Waals surface area contributed by atoms with Crippen molar-refractivity contribution < 1.29 is 14.6 Å². The quantitative estimate of drug-likeness (QED) is 0.722. The fourth-order valence-corrected chi connectivity index (χ4v) is 3.70. The van der Waals surface area contributed by atoms with Gasteiger partial charge in [0.2, 0.25) is 0 Å². The Balaban J connectivity index is 1.87. The molecule has 1 aliphatic heterocycles. The van der Waals surface area contributed by atoms with Crippen LogP contribution in [0.25, 0.3) is 0 Å². The van der Waals surface area contributed by atoms with Gasteiger partial charge >= 0.3 is 0 Å². The van der Waals surface area contributed by atoms with Gasteiger partial charge in [-0.25, -0.2) is 0 Å². The van der Waals surface area contributed by atoms with Crippen LogP contribution in [0.5, 0.6) is 11.5 Å². The fourth-order valence-electron chi connectivity index (χ4n) is 2.72. The molecule has 0 spiro atoms. The van der Waals surface area contributed by atoms with E-state index in [4.69, 9.17) is 9.47 Å². The third kappa shape index (κ3) is 6.70. The van der Waals surface area contributed by atoms with Crippen LogP contribution in [0.1, 0.15) is 19.4 Å². The van der Waals surface area contributed by atoms with Gasteiger partial charge in [-0.1, -0.05) is 6.07 Å². The standard InChI is InChI=1S/C19H32N2O3S/c1-15(2)20(3)12-16-5-6-18(19(11-16)23-4)24-14-17(22)13-21-7-9-25-10-8-21/h5-6,11,15,17,22H,7-10,12-14H2,1-4H3. The highest BCUT2D eigenvalue weighted by Gasteiger charge is 2.16. The van der Waals surface area contributed by atoms with Crippen molar-refractivity contribution >= 4 is 11.8 Å². The molecule has 5 nitrogen and oxygen atoms in total. The number of hydrogen-bond donors (Lipinski definition) is 1. The molecule has 1 atom stereocenters. The lowest BCUT2D eigenvalue weighted by Crippen LogP contribution is -2.40. The summed E-state index contributed by atoms with van der Waals surface area (Å²) in [5.41, 5.74) is 1.19. The molecule has 1 aromatic rings. The van der Waals surface area contributed by atoms with Crippen LogP contribution >= 0.6 is 11.8 Å². The Morgan fingerprint density at radius 2 is 1.96 bits per heavy atom. The zero-order valence-corrected chi connectivity index (χ0v) is 16.7. The van der Waals surface area contributed by atoms with Gasteiger partial charge in [0.05, 0.1) is 7.11 Å². The third-order valence-electron chi connectivity index (χ3n) is 4.55. The van der Waals surface area contributed by atoms with Crippen LogP contribution < -0.4 is 9.47 Å². The van der Waals surface area contributed by atoms with Crippen LogP contribution in [-0.2, 0) is 6.54 Å². The number of aliphatic hydroxyl groups is 1. The second-order valence-electron chi connectivity index (χ2n) is 6.87. The minimum atomic E-state index is -0.487. The molecule has 2 rings (SSSR count). The van der Waals surface area contributed by atoms with Crippen molar-refractivity contribution in [1.29, 1.82) is 0 Å². The number of rotatable bonds is 9. The lowest BCUT2D eigenvalue weighted by Gasteiger charge is -2.28. The topological polar surface area (TPSA) is 45.2 Å². The monoisotopic (exact) mass is 368 g/mol. The van der Waals surface area contributed by atoms with Crippen molar-refractivity contribution in [2.45, 2.75) is 32.5 Å². The second kappa shape index (κ2) is 10.3. The van der Waals surface area contributed by atoms with E-state index in [0.29, 0.717) is 18.3 Å². The van der Waals surface area contributed by atoms with Gasteiger partial charge in [-0.2, -0.15) is 11.8 Å². The lowest BCUT2D eigenvalue weighted by atomic mass is 10.1. The number of ether oxygens (including phenoxy) is 2. The van der Waals surface area contributed by atoms with Crippen LogP contribution in [0.3, 0.4) is 0 Å². The number of β-amino-alcohol motifs (C(OH)–C–C–N with tert-alkyl or cyclic N) is 1.